The van der Waals surface area contributed by atoms with E-state index < -0.39 is 30.3 Å². The molecule has 0 aromatic heterocycles. The average molecular weight is 371 g/mol. The molecule has 1 saturated carbocycles. The van der Waals surface area contributed by atoms with Crippen LogP contribution in [0.1, 0.15) is 43.7 Å². The van der Waals surface area contributed by atoms with Crippen LogP contribution in [0.2, 0.25) is 0 Å². The lowest BCUT2D eigenvalue weighted by molar-refractivity contribution is -0.145. The Morgan fingerprint density at radius 3 is 2.33 bits per heavy atom. The van der Waals surface area contributed by atoms with Crippen molar-refractivity contribution in [1.82, 2.24) is 9.80 Å². The van der Waals surface area contributed by atoms with E-state index >= 15 is 0 Å². The van der Waals surface area contributed by atoms with Crippen molar-refractivity contribution < 1.29 is 19.2 Å². The summed E-state index contributed by atoms with van der Waals surface area (Å²) in [6, 6.07) is 4.67. The van der Waals surface area contributed by atoms with Crippen LogP contribution in [0, 0.1) is 19.8 Å². The Morgan fingerprint density at radius 2 is 1.70 bits per heavy atom. The highest BCUT2D eigenvalue weighted by molar-refractivity contribution is 6.45. The predicted octanol–water partition coefficient (Wildman–Crippen LogP) is 2.61. The molecule has 1 N–H and O–H groups in total. The van der Waals surface area contributed by atoms with Crippen LogP contribution < -0.4 is 5.32 Å². The van der Waals surface area contributed by atoms with E-state index in [4.69, 9.17) is 0 Å². The molecule has 2 atom stereocenters. The van der Waals surface area contributed by atoms with E-state index in [2.05, 4.69) is 5.32 Å². The van der Waals surface area contributed by atoms with Crippen molar-refractivity contribution in [3.05, 3.63) is 29.3 Å². The molecular formula is C20H25N3O4. The minimum atomic E-state index is -0.922. The molecule has 5 amide bonds. The van der Waals surface area contributed by atoms with Crippen LogP contribution >= 0.6 is 0 Å². The largest absolute Gasteiger partial charge is 0.334 e. The summed E-state index contributed by atoms with van der Waals surface area (Å²) in [5.41, 5.74) is 2.43. The summed E-state index contributed by atoms with van der Waals surface area (Å²) >= 11 is 0. The number of imide groups is 2. The Bertz CT molecular complexity index is 784. The second-order valence-corrected chi connectivity index (χ2v) is 7.49. The zero-order valence-electron chi connectivity index (χ0n) is 15.9. The van der Waals surface area contributed by atoms with Crippen molar-refractivity contribution >= 4 is 29.4 Å². The van der Waals surface area contributed by atoms with Gasteiger partial charge in [0.2, 0.25) is 5.91 Å². The lowest BCUT2D eigenvalue weighted by Crippen LogP contribution is -2.46. The molecule has 1 aliphatic heterocycles. The van der Waals surface area contributed by atoms with E-state index in [0.29, 0.717) is 12.1 Å². The van der Waals surface area contributed by atoms with Gasteiger partial charge in [0.15, 0.2) is 0 Å². The highest BCUT2D eigenvalue weighted by Gasteiger charge is 2.49. The molecular weight excluding hydrogens is 346 g/mol. The minimum Gasteiger partial charge on any atom is -0.324 e. The number of anilines is 1. The summed E-state index contributed by atoms with van der Waals surface area (Å²) in [7, 11) is 0. The molecule has 27 heavy (non-hydrogen) atoms. The maximum absolute atomic E-state index is 12.7. The van der Waals surface area contributed by atoms with Gasteiger partial charge >= 0.3 is 17.8 Å². The van der Waals surface area contributed by atoms with Crippen LogP contribution in [-0.4, -0.2) is 46.1 Å². The van der Waals surface area contributed by atoms with Gasteiger partial charge in [0.1, 0.15) is 6.54 Å². The molecule has 1 aromatic carbocycles. The number of rotatable bonds is 4. The quantitative estimate of drug-likeness (QED) is 0.651. The number of nitrogens with one attached hydrogen (secondary N) is 1. The molecule has 0 unspecified atom stereocenters. The first-order valence-corrected chi connectivity index (χ1v) is 9.36. The number of hydrogen-bond acceptors (Lipinski definition) is 4. The molecule has 1 saturated heterocycles. The second-order valence-electron chi connectivity index (χ2n) is 7.49. The standard InChI is InChI=1S/C20H25N3O4/c1-12-7-4-5-10-15(12)23-19(26)18(25)22(20(23)27)11-16(24)21-17-13(2)8-6-9-14(17)3/h6,8-9,12,15H,4-5,7,10-11H2,1-3H3,(H,21,24)/t12-,15+/m0/s1. The van der Waals surface area contributed by atoms with E-state index in [0.717, 1.165) is 40.2 Å². The van der Waals surface area contributed by atoms with Crippen molar-refractivity contribution in [1.29, 1.82) is 0 Å². The molecule has 7 heteroatoms. The summed E-state index contributed by atoms with van der Waals surface area (Å²) in [5.74, 6) is -2.09. The van der Waals surface area contributed by atoms with Gasteiger partial charge in [-0.1, -0.05) is 38.0 Å². The molecule has 3 rings (SSSR count). The number of nitrogens with zero attached hydrogens (tertiary/aromatic N) is 2. The monoisotopic (exact) mass is 371 g/mol. The van der Waals surface area contributed by atoms with E-state index in [1.165, 1.54) is 0 Å². The molecule has 2 aliphatic rings. The summed E-state index contributed by atoms with van der Waals surface area (Å²) in [6.07, 6.45) is 3.61. The number of carbonyl (C=O) groups is 4. The zero-order valence-corrected chi connectivity index (χ0v) is 15.9. The Balaban J connectivity index is 1.73. The first-order valence-electron chi connectivity index (χ1n) is 9.36. The Hall–Kier alpha value is -2.70. The van der Waals surface area contributed by atoms with Crippen molar-refractivity contribution in [2.45, 2.75) is 52.5 Å². The van der Waals surface area contributed by atoms with Crippen molar-refractivity contribution in [2.75, 3.05) is 11.9 Å². The lowest BCUT2D eigenvalue weighted by atomic mass is 9.85. The third-order valence-electron chi connectivity index (χ3n) is 5.53. The SMILES string of the molecule is Cc1cccc(C)c1NC(=O)CN1C(=O)C(=O)N([C@@H]2CCCC[C@@H]2C)C1=O. The first-order chi connectivity index (χ1) is 12.8. The van der Waals surface area contributed by atoms with Gasteiger partial charge in [-0.3, -0.25) is 19.3 Å². The van der Waals surface area contributed by atoms with Crippen LogP contribution in [0.4, 0.5) is 10.5 Å². The van der Waals surface area contributed by atoms with E-state index in [-0.39, 0.29) is 12.0 Å². The van der Waals surface area contributed by atoms with Gasteiger partial charge in [-0.15, -0.1) is 0 Å². The zero-order chi connectivity index (χ0) is 19.7. The number of benzene rings is 1. The highest BCUT2D eigenvalue weighted by Crippen LogP contribution is 2.31. The fourth-order valence-electron chi connectivity index (χ4n) is 3.97. The number of carbonyl (C=O) groups excluding carboxylic acids is 4. The average Bonchev–Trinajstić information content (AvgIpc) is 2.83. The van der Waals surface area contributed by atoms with Gasteiger partial charge in [0, 0.05) is 11.7 Å². The van der Waals surface area contributed by atoms with Gasteiger partial charge in [-0.25, -0.2) is 9.69 Å². The fourth-order valence-corrected chi connectivity index (χ4v) is 3.97. The van der Waals surface area contributed by atoms with Gasteiger partial charge in [0.05, 0.1) is 0 Å². The molecule has 1 heterocycles. The molecule has 0 radical (unpaired) electrons. The minimum absolute atomic E-state index is 0.155. The Kier molecular flexibility index (Phi) is 5.30. The van der Waals surface area contributed by atoms with Gasteiger partial charge < -0.3 is 5.32 Å². The summed E-state index contributed by atoms with van der Waals surface area (Å²) < 4.78 is 0. The van der Waals surface area contributed by atoms with Crippen molar-refractivity contribution in [3.8, 4) is 0 Å². The summed E-state index contributed by atoms with van der Waals surface area (Å²) in [4.78, 5) is 51.7. The van der Waals surface area contributed by atoms with Crippen LogP contribution in [-0.2, 0) is 14.4 Å². The number of aryl methyl sites for hydroxylation is 2. The maximum Gasteiger partial charge on any atom is 0.334 e. The third kappa shape index (κ3) is 3.59. The van der Waals surface area contributed by atoms with Crippen LogP contribution in [0.5, 0.6) is 0 Å². The number of amides is 5. The van der Waals surface area contributed by atoms with E-state index in [9.17, 15) is 19.2 Å². The van der Waals surface area contributed by atoms with Crippen LogP contribution in [0.25, 0.3) is 0 Å². The maximum atomic E-state index is 12.7. The molecule has 0 spiro atoms. The Labute approximate surface area is 158 Å². The van der Waals surface area contributed by atoms with Gasteiger partial charge in [0.25, 0.3) is 0 Å². The first kappa shape index (κ1) is 19.1. The number of hydrogen-bond donors (Lipinski definition) is 1. The second kappa shape index (κ2) is 7.50. The van der Waals surface area contributed by atoms with Gasteiger partial charge in [-0.2, -0.15) is 0 Å². The lowest BCUT2D eigenvalue weighted by Gasteiger charge is -2.34. The molecule has 1 aliphatic carbocycles. The smallest absolute Gasteiger partial charge is 0.324 e. The van der Waals surface area contributed by atoms with E-state index in [1.54, 1.807) is 0 Å². The summed E-state index contributed by atoms with van der Waals surface area (Å²) in [6.45, 7) is 5.26. The topological polar surface area (TPSA) is 86.8 Å². The highest BCUT2D eigenvalue weighted by atomic mass is 16.2. The number of para-hydroxylation sites is 1. The van der Waals surface area contributed by atoms with Crippen LogP contribution in [0.3, 0.4) is 0 Å². The van der Waals surface area contributed by atoms with Crippen molar-refractivity contribution in [3.63, 3.8) is 0 Å². The van der Waals surface area contributed by atoms with Gasteiger partial charge in [-0.05, 0) is 43.7 Å². The molecule has 0 bridgehead atoms. The predicted molar refractivity (Wildman–Crippen MR) is 99.9 cm³/mol. The van der Waals surface area contributed by atoms with E-state index in [1.807, 2.05) is 39.0 Å². The Morgan fingerprint density at radius 1 is 1.07 bits per heavy atom. The molecule has 144 valence electrons. The molecule has 2 fully saturated rings. The fraction of sp³-hybridized carbons (Fsp3) is 0.500. The molecule has 7 nitrogen and oxygen atoms in total. The number of urea groups is 1. The summed E-state index contributed by atoms with van der Waals surface area (Å²) in [5, 5.41) is 2.75. The normalized spacial score (nSPS) is 23.1. The third-order valence-corrected chi connectivity index (χ3v) is 5.53. The molecule has 1 aromatic rings. The van der Waals surface area contributed by atoms with Crippen LogP contribution in [0.15, 0.2) is 18.2 Å². The van der Waals surface area contributed by atoms with Crippen molar-refractivity contribution in [2.24, 2.45) is 5.92 Å².